The topological polar surface area (TPSA) is 71.3 Å². The molecule has 176 valence electrons. The van der Waals surface area contributed by atoms with E-state index >= 15 is 0 Å². The average molecular weight is 472 g/mol. The monoisotopic (exact) mass is 471 g/mol. The van der Waals surface area contributed by atoms with Gasteiger partial charge in [-0.15, -0.1) is 5.10 Å². The molecule has 1 aliphatic heterocycles. The van der Waals surface area contributed by atoms with Gasteiger partial charge in [-0.1, -0.05) is 6.07 Å². The van der Waals surface area contributed by atoms with Crippen LogP contribution in [0.4, 0.5) is 10.1 Å². The molecule has 1 saturated heterocycles. The number of fused-ring (bicyclic) bond motifs is 1. The van der Waals surface area contributed by atoms with Gasteiger partial charge < -0.3 is 9.47 Å². The first-order valence-electron chi connectivity index (χ1n) is 11.5. The van der Waals surface area contributed by atoms with Gasteiger partial charge in [0.2, 0.25) is 0 Å². The highest BCUT2D eigenvalue weighted by molar-refractivity contribution is 7.90. The van der Waals surface area contributed by atoms with Crippen molar-refractivity contribution in [2.75, 3.05) is 37.3 Å². The van der Waals surface area contributed by atoms with Gasteiger partial charge in [-0.25, -0.2) is 12.8 Å². The third kappa shape index (κ3) is 4.24. The van der Waals surface area contributed by atoms with Gasteiger partial charge >= 0.3 is 0 Å². The summed E-state index contributed by atoms with van der Waals surface area (Å²) in [6.45, 7) is 5.87. The number of halogens is 1. The summed E-state index contributed by atoms with van der Waals surface area (Å²) < 4.78 is 40.0. The summed E-state index contributed by atoms with van der Waals surface area (Å²) in [4.78, 5) is 4.77. The van der Waals surface area contributed by atoms with Gasteiger partial charge in [-0.05, 0) is 50.8 Å². The fourth-order valence-electron chi connectivity index (χ4n) is 5.48. The number of hydrogen-bond donors (Lipinski definition) is 0. The van der Waals surface area contributed by atoms with Crippen LogP contribution in [0.2, 0.25) is 0 Å². The molecule has 0 spiro atoms. The molecule has 7 nitrogen and oxygen atoms in total. The van der Waals surface area contributed by atoms with Crippen molar-refractivity contribution < 1.29 is 12.8 Å². The van der Waals surface area contributed by atoms with Crippen molar-refractivity contribution in [3.05, 3.63) is 48.5 Å². The Balaban J connectivity index is 1.23. The van der Waals surface area contributed by atoms with E-state index in [2.05, 4.69) is 31.5 Å². The summed E-state index contributed by atoms with van der Waals surface area (Å²) in [7, 11) is -3.38. The van der Waals surface area contributed by atoms with E-state index in [0.717, 1.165) is 69.3 Å². The van der Waals surface area contributed by atoms with Crippen LogP contribution in [0.3, 0.4) is 0 Å². The second-order valence-corrected chi connectivity index (χ2v) is 11.6. The number of aromatic nitrogens is 3. The molecule has 9 heteroatoms. The molecule has 1 aromatic carbocycles. The van der Waals surface area contributed by atoms with E-state index in [4.69, 9.17) is 0 Å². The van der Waals surface area contributed by atoms with Crippen LogP contribution in [-0.4, -0.2) is 66.1 Å². The predicted molar refractivity (Wildman–Crippen MR) is 127 cm³/mol. The summed E-state index contributed by atoms with van der Waals surface area (Å²) in [5.74, 6) is -0.155. The molecular weight excluding hydrogens is 441 g/mol. The van der Waals surface area contributed by atoms with Crippen molar-refractivity contribution in [2.24, 2.45) is 0 Å². The Kier molecular flexibility index (Phi) is 5.64. The number of benzene rings is 1. The molecule has 0 atom stereocenters. The standard InChI is InChI=1S/C24H30FN5O2S/c1-24(9-6-18(7-10-24)30-11-8-20-21(25)4-3-5-22(20)30)29-14-12-28(13-15-29)19-16-23(27-26-17-19)33(2,31)32/h3-5,8,11,16-18H,6-7,9-10,12-15H2,1-2H3. The van der Waals surface area contributed by atoms with E-state index in [1.54, 1.807) is 18.3 Å². The second kappa shape index (κ2) is 8.36. The number of nitrogens with zero attached hydrogens (tertiary/aromatic N) is 5. The van der Waals surface area contributed by atoms with Crippen LogP contribution in [0.25, 0.3) is 10.9 Å². The molecule has 1 saturated carbocycles. The van der Waals surface area contributed by atoms with Crippen LogP contribution in [0.1, 0.15) is 38.6 Å². The van der Waals surface area contributed by atoms with Gasteiger partial charge in [-0.3, -0.25) is 4.90 Å². The van der Waals surface area contributed by atoms with Crippen LogP contribution in [-0.2, 0) is 9.84 Å². The molecule has 0 unspecified atom stereocenters. The third-order valence-corrected chi connectivity index (χ3v) is 8.50. The Labute approximate surface area is 194 Å². The van der Waals surface area contributed by atoms with Gasteiger partial charge in [0.1, 0.15) is 5.82 Å². The van der Waals surface area contributed by atoms with E-state index < -0.39 is 9.84 Å². The van der Waals surface area contributed by atoms with Crippen molar-refractivity contribution in [3.8, 4) is 0 Å². The molecule has 2 aromatic heterocycles. The van der Waals surface area contributed by atoms with Crippen molar-refractivity contribution in [1.82, 2.24) is 19.7 Å². The first kappa shape index (κ1) is 22.3. The van der Waals surface area contributed by atoms with Crippen LogP contribution in [0.5, 0.6) is 0 Å². The molecule has 5 rings (SSSR count). The summed E-state index contributed by atoms with van der Waals surface area (Å²) in [5.41, 5.74) is 1.94. The molecule has 0 bridgehead atoms. The summed E-state index contributed by atoms with van der Waals surface area (Å²) in [6.07, 6.45) is 9.17. The Morgan fingerprint density at radius 2 is 1.82 bits per heavy atom. The van der Waals surface area contributed by atoms with E-state index in [1.165, 1.54) is 6.07 Å². The van der Waals surface area contributed by atoms with Crippen molar-refractivity contribution in [1.29, 1.82) is 0 Å². The minimum absolute atomic E-state index is 0.0186. The van der Waals surface area contributed by atoms with Gasteiger partial charge in [0, 0.05) is 61.7 Å². The fraction of sp³-hybridized carbons (Fsp3) is 0.500. The minimum atomic E-state index is -3.38. The Morgan fingerprint density at radius 1 is 1.09 bits per heavy atom. The zero-order valence-corrected chi connectivity index (χ0v) is 19.9. The smallest absolute Gasteiger partial charge is 0.194 e. The van der Waals surface area contributed by atoms with E-state index in [1.807, 2.05) is 18.3 Å². The zero-order chi connectivity index (χ0) is 23.2. The molecule has 3 heterocycles. The van der Waals surface area contributed by atoms with E-state index in [9.17, 15) is 12.8 Å². The number of sulfone groups is 1. The lowest BCUT2D eigenvalue weighted by Crippen LogP contribution is -2.57. The Hall–Kier alpha value is -2.52. The quantitative estimate of drug-likeness (QED) is 0.578. The first-order chi connectivity index (χ1) is 15.7. The summed E-state index contributed by atoms with van der Waals surface area (Å²) >= 11 is 0. The fourth-order valence-corrected chi connectivity index (χ4v) is 6.01. The lowest BCUT2D eigenvalue weighted by atomic mass is 9.79. The van der Waals surface area contributed by atoms with Crippen molar-refractivity contribution >= 4 is 26.4 Å². The van der Waals surface area contributed by atoms with Crippen LogP contribution >= 0.6 is 0 Å². The maximum absolute atomic E-state index is 14.1. The minimum Gasteiger partial charge on any atom is -0.368 e. The predicted octanol–water partition coefficient (Wildman–Crippen LogP) is 3.67. The van der Waals surface area contributed by atoms with Crippen molar-refractivity contribution in [3.63, 3.8) is 0 Å². The molecule has 33 heavy (non-hydrogen) atoms. The largest absolute Gasteiger partial charge is 0.368 e. The number of hydrogen-bond acceptors (Lipinski definition) is 6. The first-order valence-corrected chi connectivity index (χ1v) is 13.4. The van der Waals surface area contributed by atoms with Crippen LogP contribution in [0, 0.1) is 5.82 Å². The maximum Gasteiger partial charge on any atom is 0.194 e. The van der Waals surface area contributed by atoms with Gasteiger partial charge in [0.05, 0.1) is 17.4 Å². The molecule has 0 N–H and O–H groups in total. The highest BCUT2D eigenvalue weighted by Gasteiger charge is 2.38. The van der Waals surface area contributed by atoms with Gasteiger partial charge in [-0.2, -0.15) is 5.10 Å². The van der Waals surface area contributed by atoms with Crippen LogP contribution in [0.15, 0.2) is 47.8 Å². The second-order valence-electron chi connectivity index (χ2n) is 9.62. The summed E-state index contributed by atoms with van der Waals surface area (Å²) in [6, 6.07) is 9.23. The van der Waals surface area contributed by atoms with E-state index in [-0.39, 0.29) is 16.4 Å². The van der Waals surface area contributed by atoms with Crippen molar-refractivity contribution in [2.45, 2.75) is 49.2 Å². The number of piperazine rings is 1. The maximum atomic E-state index is 14.1. The molecule has 0 radical (unpaired) electrons. The van der Waals surface area contributed by atoms with Gasteiger partial charge in [0.25, 0.3) is 0 Å². The third-order valence-electron chi connectivity index (χ3n) is 7.54. The summed E-state index contributed by atoms with van der Waals surface area (Å²) in [5, 5.41) is 8.38. The SMILES string of the molecule is CC1(N2CCN(c3cnnc(S(C)(=O)=O)c3)CC2)CCC(n2ccc3c(F)cccc32)CC1. The molecule has 0 amide bonds. The Bertz CT molecular complexity index is 1260. The average Bonchev–Trinajstić information content (AvgIpc) is 3.25. The highest BCUT2D eigenvalue weighted by Crippen LogP contribution is 2.40. The molecule has 1 aliphatic carbocycles. The van der Waals surface area contributed by atoms with Gasteiger partial charge in [0.15, 0.2) is 14.9 Å². The number of anilines is 1. The van der Waals surface area contributed by atoms with Crippen LogP contribution < -0.4 is 4.90 Å². The molecule has 3 aromatic rings. The highest BCUT2D eigenvalue weighted by atomic mass is 32.2. The Morgan fingerprint density at radius 3 is 2.52 bits per heavy atom. The lowest BCUT2D eigenvalue weighted by molar-refractivity contribution is 0.0481. The molecule has 2 aliphatic rings. The zero-order valence-electron chi connectivity index (χ0n) is 19.1. The number of rotatable bonds is 4. The van der Waals surface area contributed by atoms with E-state index in [0.29, 0.717) is 11.4 Å². The lowest BCUT2D eigenvalue weighted by Gasteiger charge is -2.49. The molecular formula is C24H30FN5O2S. The normalized spacial score (nSPS) is 24.9. The molecule has 2 fully saturated rings.